The van der Waals surface area contributed by atoms with E-state index in [9.17, 15) is 9.90 Å². The van der Waals surface area contributed by atoms with E-state index < -0.39 is 24.3 Å². The summed E-state index contributed by atoms with van der Waals surface area (Å²) in [7, 11) is -0.573. The Morgan fingerprint density at radius 2 is 1.82 bits per heavy atom. The minimum Gasteiger partial charge on any atom is -0.481 e. The van der Waals surface area contributed by atoms with Gasteiger partial charge in [-0.2, -0.15) is 0 Å². The van der Waals surface area contributed by atoms with Gasteiger partial charge in [0.05, 0.1) is 17.6 Å². The molecule has 1 aromatic rings. The van der Waals surface area contributed by atoms with E-state index in [0.717, 1.165) is 15.6 Å². The highest BCUT2D eigenvalue weighted by Gasteiger charge is 2.54. The molecule has 120 valence electrons. The molecule has 1 aliphatic heterocycles. The molecule has 0 bridgehead atoms. The van der Waals surface area contributed by atoms with E-state index in [1.807, 2.05) is 52.8 Å². The summed E-state index contributed by atoms with van der Waals surface area (Å²) < 4.78 is 13.1. The van der Waals surface area contributed by atoms with Gasteiger partial charge in [0, 0.05) is 10.3 Å². The summed E-state index contributed by atoms with van der Waals surface area (Å²) in [6.45, 7) is 9.87. The fraction of sp³-hybridized carbons (Fsp3) is 0.562. The Kier molecular flexibility index (Phi) is 4.76. The molecule has 0 saturated carbocycles. The summed E-state index contributed by atoms with van der Waals surface area (Å²) in [5.41, 5.74) is 1.05. The van der Waals surface area contributed by atoms with Crippen LogP contribution in [0.15, 0.2) is 22.7 Å². The fourth-order valence-corrected chi connectivity index (χ4v) is 2.85. The lowest BCUT2D eigenvalue weighted by molar-refractivity contribution is -0.137. The van der Waals surface area contributed by atoms with Gasteiger partial charge in [0.1, 0.15) is 0 Å². The van der Waals surface area contributed by atoms with Crippen molar-refractivity contribution in [2.45, 2.75) is 58.1 Å². The number of carboxylic acid groups (broad SMARTS) is 1. The van der Waals surface area contributed by atoms with Crippen molar-refractivity contribution in [3.63, 3.8) is 0 Å². The second-order valence-corrected chi connectivity index (χ2v) is 7.69. The molecule has 1 aliphatic rings. The first-order valence-electron chi connectivity index (χ1n) is 7.37. The maximum Gasteiger partial charge on any atom is 0.466 e. The molecule has 1 aromatic carbocycles. The van der Waals surface area contributed by atoms with Crippen LogP contribution in [-0.4, -0.2) is 29.4 Å². The van der Waals surface area contributed by atoms with Crippen LogP contribution in [0.1, 0.15) is 51.1 Å². The van der Waals surface area contributed by atoms with Gasteiger partial charge in [-0.05, 0) is 51.8 Å². The van der Waals surface area contributed by atoms with Crippen LogP contribution in [0.2, 0.25) is 0 Å². The fourth-order valence-electron chi connectivity index (χ4n) is 2.45. The number of hydrogen-bond donors (Lipinski definition) is 1. The van der Waals surface area contributed by atoms with Crippen molar-refractivity contribution in [2.24, 2.45) is 0 Å². The number of aliphatic carboxylic acids is 1. The average molecular weight is 369 g/mol. The van der Waals surface area contributed by atoms with E-state index in [1.54, 1.807) is 0 Å². The maximum absolute atomic E-state index is 11.3. The van der Waals surface area contributed by atoms with Crippen molar-refractivity contribution >= 4 is 29.0 Å². The maximum atomic E-state index is 11.3. The first-order chi connectivity index (χ1) is 10.0. The molecule has 1 heterocycles. The normalized spacial score (nSPS) is 20.9. The predicted molar refractivity (Wildman–Crippen MR) is 90.0 cm³/mol. The molecule has 1 N–H and O–H groups in total. The summed E-state index contributed by atoms with van der Waals surface area (Å²) in [4.78, 5) is 11.3. The molecule has 1 unspecified atom stereocenters. The number of carboxylic acids is 1. The Bertz CT molecular complexity index is 570. The van der Waals surface area contributed by atoms with E-state index in [1.165, 1.54) is 0 Å². The lowest BCUT2D eigenvalue weighted by Gasteiger charge is -2.32. The van der Waals surface area contributed by atoms with Crippen LogP contribution in [0.5, 0.6) is 0 Å². The van der Waals surface area contributed by atoms with Crippen LogP contribution < -0.4 is 0 Å². The molecule has 1 saturated heterocycles. The van der Waals surface area contributed by atoms with E-state index in [4.69, 9.17) is 9.31 Å². The van der Waals surface area contributed by atoms with Crippen LogP contribution in [0, 0.1) is 6.92 Å². The van der Waals surface area contributed by atoms with Crippen molar-refractivity contribution in [3.8, 4) is 0 Å². The summed E-state index contributed by atoms with van der Waals surface area (Å²) in [6.07, 6.45) is -0.0354. The predicted octanol–water partition coefficient (Wildman–Crippen LogP) is 3.95. The Morgan fingerprint density at radius 1 is 1.27 bits per heavy atom. The summed E-state index contributed by atoms with van der Waals surface area (Å²) in [6, 6.07) is 5.87. The number of carbonyl (C=O) groups is 1. The first kappa shape index (κ1) is 17.5. The molecule has 0 spiro atoms. The largest absolute Gasteiger partial charge is 0.481 e. The molecule has 2 rings (SSSR count). The zero-order valence-electron chi connectivity index (χ0n) is 13.6. The van der Waals surface area contributed by atoms with E-state index in [-0.39, 0.29) is 12.2 Å². The third-order valence-electron chi connectivity index (χ3n) is 4.62. The van der Waals surface area contributed by atoms with Gasteiger partial charge in [-0.15, -0.1) is 0 Å². The molecular formula is C16H22BBrO4. The third kappa shape index (κ3) is 3.39. The first-order valence-corrected chi connectivity index (χ1v) is 8.16. The van der Waals surface area contributed by atoms with Gasteiger partial charge in [-0.25, -0.2) is 0 Å². The highest BCUT2D eigenvalue weighted by Crippen LogP contribution is 2.42. The van der Waals surface area contributed by atoms with Crippen LogP contribution >= 0.6 is 15.9 Å². The van der Waals surface area contributed by atoms with Crippen LogP contribution in [0.4, 0.5) is 0 Å². The Morgan fingerprint density at radius 3 is 2.27 bits per heavy atom. The van der Waals surface area contributed by atoms with Crippen molar-refractivity contribution < 1.29 is 19.2 Å². The summed E-state index contributed by atoms with van der Waals surface area (Å²) >= 11 is 3.50. The molecule has 0 amide bonds. The van der Waals surface area contributed by atoms with Gasteiger partial charge in [0.2, 0.25) is 0 Å². The van der Waals surface area contributed by atoms with Crippen molar-refractivity contribution in [3.05, 3.63) is 33.8 Å². The minimum absolute atomic E-state index is 0.0354. The average Bonchev–Trinajstić information content (AvgIpc) is 2.59. The lowest BCUT2D eigenvalue weighted by atomic mass is 9.66. The standard InChI is InChI=1S/C16H22BBrO4/c1-10-6-7-11(8-13(10)18)12(9-14(19)20)17-21-15(2,3)16(4,5)22-17/h6-8,12H,9H2,1-5H3,(H,19,20). The molecule has 0 radical (unpaired) electrons. The second-order valence-electron chi connectivity index (χ2n) is 6.84. The number of rotatable bonds is 4. The molecular weight excluding hydrogens is 347 g/mol. The van der Waals surface area contributed by atoms with Gasteiger partial charge in [-0.3, -0.25) is 4.79 Å². The van der Waals surface area contributed by atoms with Crippen molar-refractivity contribution in [2.75, 3.05) is 0 Å². The number of hydrogen-bond acceptors (Lipinski definition) is 3. The van der Waals surface area contributed by atoms with E-state index in [2.05, 4.69) is 15.9 Å². The van der Waals surface area contributed by atoms with Crippen LogP contribution in [-0.2, 0) is 14.1 Å². The quantitative estimate of drug-likeness (QED) is 0.817. The topological polar surface area (TPSA) is 55.8 Å². The zero-order valence-corrected chi connectivity index (χ0v) is 15.2. The second kappa shape index (κ2) is 5.98. The monoisotopic (exact) mass is 368 g/mol. The van der Waals surface area contributed by atoms with Gasteiger partial charge in [0.15, 0.2) is 0 Å². The van der Waals surface area contributed by atoms with Crippen LogP contribution in [0.3, 0.4) is 0 Å². The molecule has 4 nitrogen and oxygen atoms in total. The lowest BCUT2D eigenvalue weighted by Crippen LogP contribution is -2.41. The Hall–Kier alpha value is -0.845. The SMILES string of the molecule is Cc1ccc(C(CC(=O)O)B2OC(C)(C)C(C)(C)O2)cc1Br. The highest BCUT2D eigenvalue weighted by atomic mass is 79.9. The van der Waals surface area contributed by atoms with E-state index in [0.29, 0.717) is 0 Å². The Labute approximate surface area is 140 Å². The van der Waals surface area contributed by atoms with Gasteiger partial charge in [0.25, 0.3) is 0 Å². The summed E-state index contributed by atoms with van der Waals surface area (Å²) in [5.74, 6) is -1.22. The molecule has 1 fully saturated rings. The number of aryl methyl sites for hydroxylation is 1. The number of benzene rings is 1. The number of halogens is 1. The smallest absolute Gasteiger partial charge is 0.466 e. The van der Waals surface area contributed by atoms with Crippen LogP contribution in [0.25, 0.3) is 0 Å². The van der Waals surface area contributed by atoms with Gasteiger partial charge in [-0.1, -0.05) is 28.1 Å². The minimum atomic E-state index is -0.864. The van der Waals surface area contributed by atoms with Crippen molar-refractivity contribution in [1.82, 2.24) is 0 Å². The Balaban J connectivity index is 2.35. The zero-order chi connectivity index (χ0) is 16.7. The molecule has 0 aliphatic carbocycles. The third-order valence-corrected chi connectivity index (χ3v) is 5.47. The van der Waals surface area contributed by atoms with Gasteiger partial charge >= 0.3 is 13.1 Å². The molecule has 6 heteroatoms. The van der Waals surface area contributed by atoms with E-state index >= 15 is 0 Å². The molecule has 22 heavy (non-hydrogen) atoms. The van der Waals surface area contributed by atoms with Gasteiger partial charge < -0.3 is 14.4 Å². The molecule has 0 aromatic heterocycles. The van der Waals surface area contributed by atoms with Crippen molar-refractivity contribution in [1.29, 1.82) is 0 Å². The summed E-state index contributed by atoms with van der Waals surface area (Å²) in [5, 5.41) is 9.27. The highest BCUT2D eigenvalue weighted by molar-refractivity contribution is 9.10. The molecule has 1 atom stereocenters.